The summed E-state index contributed by atoms with van der Waals surface area (Å²) in [6, 6.07) is 7.43. The Hall–Kier alpha value is -3.81. The number of piperidine rings is 1. The first-order valence-electron chi connectivity index (χ1n) is 14.1. The van der Waals surface area contributed by atoms with E-state index in [0.29, 0.717) is 54.7 Å². The van der Waals surface area contributed by atoms with Crippen molar-refractivity contribution in [1.82, 2.24) is 29.7 Å². The van der Waals surface area contributed by atoms with E-state index in [-0.39, 0.29) is 11.9 Å². The Morgan fingerprint density at radius 2 is 1.88 bits per heavy atom. The minimum atomic E-state index is -1.40. The van der Waals surface area contributed by atoms with Crippen molar-refractivity contribution in [3.8, 4) is 5.75 Å². The molecule has 0 radical (unpaired) electrons. The molecule has 0 aliphatic carbocycles. The van der Waals surface area contributed by atoms with Gasteiger partial charge in [0.05, 0.1) is 6.33 Å². The highest BCUT2D eigenvalue weighted by Crippen LogP contribution is 2.32. The van der Waals surface area contributed by atoms with Crippen molar-refractivity contribution in [1.29, 1.82) is 0 Å². The Kier molecular flexibility index (Phi) is 8.66. The van der Waals surface area contributed by atoms with Gasteiger partial charge in [-0.2, -0.15) is 0 Å². The number of hydrogen-bond acceptors (Lipinski definition) is 10. The Labute approximate surface area is 237 Å². The number of imidazole rings is 1. The van der Waals surface area contributed by atoms with Gasteiger partial charge in [0.1, 0.15) is 29.3 Å². The number of nitrogens with one attached hydrogen (secondary N) is 1. The van der Waals surface area contributed by atoms with E-state index >= 15 is 0 Å². The van der Waals surface area contributed by atoms with E-state index in [1.54, 1.807) is 24.0 Å². The summed E-state index contributed by atoms with van der Waals surface area (Å²) in [4.78, 5) is 39.9. The maximum Gasteiger partial charge on any atom is 0.415 e. The van der Waals surface area contributed by atoms with Crippen molar-refractivity contribution < 1.29 is 29.3 Å². The predicted octanol–water partition coefficient (Wildman–Crippen LogP) is 1.71. The number of aliphatic hydroxyl groups is 2. The molecule has 2 saturated heterocycles. The highest BCUT2D eigenvalue weighted by Gasteiger charge is 2.47. The summed E-state index contributed by atoms with van der Waals surface area (Å²) in [6.07, 6.45) is 0.199. The van der Waals surface area contributed by atoms with Gasteiger partial charge in [-0.3, -0.25) is 9.36 Å². The van der Waals surface area contributed by atoms with Crippen LogP contribution in [-0.2, 0) is 16.0 Å². The van der Waals surface area contributed by atoms with Crippen molar-refractivity contribution in [2.75, 3.05) is 25.4 Å². The smallest absolute Gasteiger partial charge is 0.410 e. The van der Waals surface area contributed by atoms with Gasteiger partial charge in [0.15, 0.2) is 23.8 Å². The number of likely N-dealkylation sites (N-methyl/N-ethyl adjacent to an activating group) is 1. The normalized spacial score (nSPS) is 23.2. The highest BCUT2D eigenvalue weighted by atomic mass is 16.6. The average molecular weight is 568 g/mol. The number of nitrogens with zero attached hydrogens (tertiary/aromatic N) is 5. The lowest BCUT2D eigenvalue weighted by atomic mass is 9.91. The molecule has 41 heavy (non-hydrogen) atoms. The SMILES string of the molecule is CCNC(=O)[C@H]1O[C@@H](n2cnc3c(N)nc(CCCC4CCN(C(=O)Oc5ccc(C)cc5)CC4)nc32)[C@H](O)[C@@H]1O. The van der Waals surface area contributed by atoms with Gasteiger partial charge in [-0.1, -0.05) is 17.7 Å². The fourth-order valence-electron chi connectivity index (χ4n) is 5.39. The molecule has 1 aromatic carbocycles. The zero-order valence-corrected chi connectivity index (χ0v) is 23.3. The largest absolute Gasteiger partial charge is 0.415 e. The maximum atomic E-state index is 12.5. The molecule has 13 heteroatoms. The molecule has 0 unspecified atom stereocenters. The Balaban J connectivity index is 1.16. The number of aromatic nitrogens is 4. The first-order chi connectivity index (χ1) is 19.7. The molecule has 13 nitrogen and oxygen atoms in total. The van der Waals surface area contributed by atoms with Gasteiger partial charge in [0, 0.05) is 26.1 Å². The summed E-state index contributed by atoms with van der Waals surface area (Å²) in [5, 5.41) is 23.6. The minimum absolute atomic E-state index is 0.206. The van der Waals surface area contributed by atoms with Crippen LogP contribution in [0.4, 0.5) is 10.6 Å². The van der Waals surface area contributed by atoms with E-state index in [1.807, 2.05) is 19.1 Å². The van der Waals surface area contributed by atoms with Gasteiger partial charge in [0.25, 0.3) is 5.91 Å². The number of rotatable bonds is 8. The number of hydrogen-bond donors (Lipinski definition) is 4. The molecule has 0 spiro atoms. The van der Waals surface area contributed by atoms with Gasteiger partial charge in [0.2, 0.25) is 0 Å². The number of benzene rings is 1. The average Bonchev–Trinajstić information content (AvgIpc) is 3.51. The number of ether oxygens (including phenoxy) is 2. The zero-order chi connectivity index (χ0) is 29.1. The van der Waals surface area contributed by atoms with E-state index in [9.17, 15) is 19.8 Å². The summed E-state index contributed by atoms with van der Waals surface area (Å²) >= 11 is 0. The number of nitrogen functional groups attached to an aromatic ring is 1. The predicted molar refractivity (Wildman–Crippen MR) is 149 cm³/mol. The molecule has 3 aromatic rings. The second-order valence-corrected chi connectivity index (χ2v) is 10.7. The minimum Gasteiger partial charge on any atom is -0.410 e. The van der Waals surface area contributed by atoms with E-state index in [1.165, 1.54) is 10.9 Å². The zero-order valence-electron chi connectivity index (χ0n) is 23.3. The van der Waals surface area contributed by atoms with Crippen LogP contribution in [0.15, 0.2) is 30.6 Å². The quantitative estimate of drug-likeness (QED) is 0.313. The van der Waals surface area contributed by atoms with E-state index in [2.05, 4.69) is 20.3 Å². The number of fused-ring (bicyclic) bond motifs is 1. The molecule has 5 N–H and O–H groups in total. The molecular formula is C28H37N7O6. The molecule has 0 bridgehead atoms. The van der Waals surface area contributed by atoms with Crippen LogP contribution in [0.1, 0.15) is 50.2 Å². The molecule has 0 saturated carbocycles. The van der Waals surface area contributed by atoms with Gasteiger partial charge in [-0.05, 0) is 57.6 Å². The van der Waals surface area contributed by atoms with Gasteiger partial charge in [-0.15, -0.1) is 0 Å². The fourth-order valence-corrected chi connectivity index (χ4v) is 5.39. The second kappa shape index (κ2) is 12.4. The van der Waals surface area contributed by atoms with Crippen molar-refractivity contribution in [3.63, 3.8) is 0 Å². The number of anilines is 1. The molecule has 2 amide bonds. The third-order valence-electron chi connectivity index (χ3n) is 7.73. The third kappa shape index (κ3) is 6.26. The topological polar surface area (TPSA) is 178 Å². The van der Waals surface area contributed by atoms with Crippen molar-refractivity contribution in [2.45, 2.75) is 70.5 Å². The summed E-state index contributed by atoms with van der Waals surface area (Å²) in [5.41, 5.74) is 8.00. The van der Waals surface area contributed by atoms with Gasteiger partial charge in [-0.25, -0.2) is 19.7 Å². The second-order valence-electron chi connectivity index (χ2n) is 10.7. The first kappa shape index (κ1) is 28.7. The van der Waals surface area contributed by atoms with Crippen LogP contribution >= 0.6 is 0 Å². The number of likely N-dealkylation sites (tertiary alicyclic amines) is 1. The van der Waals surface area contributed by atoms with Crippen LogP contribution in [-0.4, -0.2) is 84.6 Å². The van der Waals surface area contributed by atoms with Crippen LogP contribution in [0, 0.1) is 12.8 Å². The molecule has 2 fully saturated rings. The monoisotopic (exact) mass is 567 g/mol. The Morgan fingerprint density at radius 3 is 2.59 bits per heavy atom. The molecular weight excluding hydrogens is 530 g/mol. The van der Waals surface area contributed by atoms with Crippen LogP contribution in [0.2, 0.25) is 0 Å². The standard InChI is InChI=1S/C28H37N7O6/c1-3-30-26(38)23-21(36)22(37)27(41-23)35-15-31-20-24(29)32-19(33-25(20)35)6-4-5-17-11-13-34(14-12-17)28(39)40-18-9-7-16(2)8-10-18/h7-10,15,17,21-23,27,36-37H,3-6,11-14H2,1-2H3,(H,30,38)(H2,29,32,33)/t21-,22+,23-,27+/m0/s1. The van der Waals surface area contributed by atoms with Crippen LogP contribution in [0.25, 0.3) is 11.2 Å². The van der Waals surface area contributed by atoms with Crippen LogP contribution < -0.4 is 15.8 Å². The fraction of sp³-hybridized carbons (Fsp3) is 0.536. The Bertz CT molecular complexity index is 1370. The molecule has 4 atom stereocenters. The highest BCUT2D eigenvalue weighted by molar-refractivity contribution is 5.83. The lowest BCUT2D eigenvalue weighted by Gasteiger charge is -2.31. The lowest BCUT2D eigenvalue weighted by molar-refractivity contribution is -0.137. The van der Waals surface area contributed by atoms with Crippen LogP contribution in [0.3, 0.4) is 0 Å². The number of carbonyl (C=O) groups is 2. The molecule has 5 rings (SSSR count). The number of carbonyl (C=O) groups excluding carboxylic acids is 2. The molecule has 2 aliphatic rings. The van der Waals surface area contributed by atoms with Gasteiger partial charge < -0.3 is 35.6 Å². The number of aliphatic hydroxyl groups excluding tert-OH is 2. The van der Waals surface area contributed by atoms with E-state index < -0.39 is 30.4 Å². The van der Waals surface area contributed by atoms with Crippen LogP contribution in [0.5, 0.6) is 5.75 Å². The third-order valence-corrected chi connectivity index (χ3v) is 7.73. The maximum absolute atomic E-state index is 12.5. The summed E-state index contributed by atoms with van der Waals surface area (Å²) in [7, 11) is 0. The van der Waals surface area contributed by atoms with Gasteiger partial charge >= 0.3 is 6.09 Å². The van der Waals surface area contributed by atoms with E-state index in [4.69, 9.17) is 15.2 Å². The van der Waals surface area contributed by atoms with Crippen molar-refractivity contribution in [3.05, 3.63) is 42.0 Å². The number of nitrogens with two attached hydrogens (primary N) is 1. The summed E-state index contributed by atoms with van der Waals surface area (Å²) < 4.78 is 12.7. The summed E-state index contributed by atoms with van der Waals surface area (Å²) in [5.74, 6) is 1.25. The molecule has 2 aromatic heterocycles. The van der Waals surface area contributed by atoms with E-state index in [0.717, 1.165) is 31.2 Å². The van der Waals surface area contributed by atoms with Crippen molar-refractivity contribution >= 4 is 29.0 Å². The van der Waals surface area contributed by atoms with Crippen molar-refractivity contribution in [2.24, 2.45) is 5.92 Å². The molecule has 220 valence electrons. The lowest BCUT2D eigenvalue weighted by Crippen LogP contribution is -2.42. The first-order valence-corrected chi connectivity index (χ1v) is 14.1. The Morgan fingerprint density at radius 1 is 1.15 bits per heavy atom. The number of amides is 2. The summed E-state index contributed by atoms with van der Waals surface area (Å²) in [6.45, 7) is 5.41. The molecule has 2 aliphatic heterocycles. The number of aryl methyl sites for hydroxylation is 2. The molecule has 4 heterocycles.